The molecule has 0 heterocycles. The molecule has 1 unspecified atom stereocenters. The maximum absolute atomic E-state index is 11.4. The van der Waals surface area contributed by atoms with Crippen molar-refractivity contribution in [1.29, 1.82) is 0 Å². The second kappa shape index (κ2) is 12.1. The molecule has 12 heteroatoms. The number of aliphatic carboxylic acids is 1. The summed E-state index contributed by atoms with van der Waals surface area (Å²) in [6.07, 6.45) is -0.231. The highest BCUT2D eigenvalue weighted by atomic mass is 32.2. The fourth-order valence-corrected chi connectivity index (χ4v) is 1.70. The second-order valence-electron chi connectivity index (χ2n) is 3.71. The topological polar surface area (TPSA) is 174 Å². The summed E-state index contributed by atoms with van der Waals surface area (Å²) in [5, 5.41) is 14.5. The van der Waals surface area contributed by atoms with Crippen LogP contribution in [0.2, 0.25) is 0 Å². The number of rotatable bonds is 12. The molecule has 0 aromatic heterocycles. The van der Waals surface area contributed by atoms with Crippen LogP contribution in [0.1, 0.15) is 12.8 Å². The van der Waals surface area contributed by atoms with Gasteiger partial charge in [0.1, 0.15) is 6.04 Å². The van der Waals surface area contributed by atoms with Gasteiger partial charge in [0.2, 0.25) is 17.2 Å². The fraction of sp³-hybridized carbons (Fsp3) is 0.778. The first kappa shape index (κ1) is 19.3. The Kier molecular flexibility index (Phi) is 11.1. The van der Waals surface area contributed by atoms with Crippen LogP contribution >= 0.6 is 0 Å². The summed E-state index contributed by atoms with van der Waals surface area (Å²) in [7, 11) is 0. The highest BCUT2D eigenvalue weighted by Crippen LogP contribution is 1.98. The van der Waals surface area contributed by atoms with Gasteiger partial charge in [-0.15, -0.1) is 0 Å². The molecule has 0 fully saturated rings. The summed E-state index contributed by atoms with van der Waals surface area (Å²) in [6.45, 7) is 0.905. The first-order valence-electron chi connectivity index (χ1n) is 5.92. The van der Waals surface area contributed by atoms with Gasteiger partial charge in [-0.25, -0.2) is 8.93 Å². The van der Waals surface area contributed by atoms with E-state index in [1.165, 1.54) is 0 Å². The molecule has 0 bridgehead atoms. The van der Waals surface area contributed by atoms with Crippen LogP contribution in [0.3, 0.4) is 0 Å². The van der Waals surface area contributed by atoms with Crippen molar-refractivity contribution in [2.24, 2.45) is 5.11 Å². The Hall–Kier alpha value is -1.72. The molecule has 2 atom stereocenters. The maximum Gasteiger partial charge on any atom is 0.321 e. The normalized spacial score (nSPS) is 13.0. The zero-order valence-corrected chi connectivity index (χ0v) is 11.9. The third kappa shape index (κ3) is 11.8. The molecule has 21 heavy (non-hydrogen) atoms. The number of hydrogen-bond acceptors (Lipinski definition) is 5. The lowest BCUT2D eigenvalue weighted by Crippen LogP contribution is -2.39. The molecule has 0 spiro atoms. The Labute approximate surface area is 123 Å². The Morgan fingerprint density at radius 2 is 2.14 bits per heavy atom. The number of carboxylic acids is 1. The van der Waals surface area contributed by atoms with Gasteiger partial charge in [0, 0.05) is 24.4 Å². The van der Waals surface area contributed by atoms with Crippen molar-refractivity contribution >= 4 is 23.1 Å². The van der Waals surface area contributed by atoms with Gasteiger partial charge in [0.15, 0.2) is 0 Å². The van der Waals surface area contributed by atoms with E-state index in [0.717, 1.165) is 0 Å². The van der Waals surface area contributed by atoms with Gasteiger partial charge in [0.25, 0.3) is 0 Å². The molecule has 0 rings (SSSR count). The van der Waals surface area contributed by atoms with Crippen LogP contribution in [0.5, 0.6) is 0 Å². The van der Waals surface area contributed by atoms with Crippen molar-refractivity contribution < 1.29 is 28.2 Å². The molecule has 0 aliphatic rings. The minimum absolute atomic E-state index is 0.111. The van der Waals surface area contributed by atoms with Crippen molar-refractivity contribution in [3.63, 3.8) is 0 Å². The van der Waals surface area contributed by atoms with E-state index >= 15 is 0 Å². The molecule has 120 valence electrons. The first-order valence-corrected chi connectivity index (χ1v) is 7.03. The molecule has 11 nitrogen and oxygen atoms in total. The molecule has 0 aromatic carbocycles. The summed E-state index contributed by atoms with van der Waals surface area (Å²) in [5.41, 5.74) is 8.00. The highest BCUT2D eigenvalue weighted by Gasteiger charge is 2.20. The van der Waals surface area contributed by atoms with Gasteiger partial charge in [-0.2, -0.15) is 0 Å². The Bertz CT molecular complexity index is 413. The summed E-state index contributed by atoms with van der Waals surface area (Å²) in [6, 6.07) is -1.28. The quantitative estimate of drug-likeness (QED) is 0.122. The molecule has 0 aliphatic carbocycles. The molecule has 0 saturated heterocycles. The summed E-state index contributed by atoms with van der Waals surface area (Å²) >= 11 is -2.46. The van der Waals surface area contributed by atoms with Crippen molar-refractivity contribution in [2.75, 3.05) is 26.3 Å². The van der Waals surface area contributed by atoms with Crippen molar-refractivity contribution in [2.45, 2.75) is 18.9 Å². The van der Waals surface area contributed by atoms with Gasteiger partial charge in [-0.1, -0.05) is 5.11 Å². The number of ether oxygens (including phenoxy) is 1. The highest BCUT2D eigenvalue weighted by molar-refractivity contribution is 7.77. The van der Waals surface area contributed by atoms with E-state index in [1.807, 2.05) is 4.72 Å². The standard InChI is InChI=1S/C9H17N5O6S/c10-14-12-4-6-20-5-3-11-8(15)2-1-7(9(16)17)13-21(18)19/h7,13H,1-6H2,(H,11,15)(H,16,17)(H,18,19)/t7-/m0/s1. The molecule has 1 amide bonds. The van der Waals surface area contributed by atoms with Gasteiger partial charge in [0.05, 0.1) is 13.2 Å². The molecule has 0 saturated carbocycles. The summed E-state index contributed by atoms with van der Waals surface area (Å²) in [4.78, 5) is 24.7. The van der Waals surface area contributed by atoms with Crippen LogP contribution in [0, 0.1) is 0 Å². The number of carbonyl (C=O) groups is 2. The second-order valence-corrected chi connectivity index (χ2v) is 4.45. The van der Waals surface area contributed by atoms with E-state index in [0.29, 0.717) is 0 Å². The zero-order valence-electron chi connectivity index (χ0n) is 11.1. The Morgan fingerprint density at radius 3 is 2.71 bits per heavy atom. The smallest absolute Gasteiger partial charge is 0.321 e. The Balaban J connectivity index is 3.75. The van der Waals surface area contributed by atoms with E-state index in [9.17, 15) is 13.8 Å². The van der Waals surface area contributed by atoms with Crippen LogP contribution in [0.15, 0.2) is 5.11 Å². The van der Waals surface area contributed by atoms with E-state index in [-0.39, 0.29) is 39.1 Å². The number of nitrogens with one attached hydrogen (secondary N) is 2. The lowest BCUT2D eigenvalue weighted by atomic mass is 10.1. The number of carbonyl (C=O) groups excluding carboxylic acids is 1. The predicted molar refractivity (Wildman–Crippen MR) is 72.4 cm³/mol. The lowest BCUT2D eigenvalue weighted by Gasteiger charge is -2.11. The fourth-order valence-electron chi connectivity index (χ4n) is 1.23. The van der Waals surface area contributed by atoms with Crippen LogP contribution in [0.4, 0.5) is 0 Å². The van der Waals surface area contributed by atoms with E-state index < -0.39 is 29.2 Å². The molecule has 0 radical (unpaired) electrons. The third-order valence-corrected chi connectivity index (χ3v) is 2.65. The van der Waals surface area contributed by atoms with Crippen molar-refractivity contribution in [3.05, 3.63) is 10.4 Å². The minimum Gasteiger partial charge on any atom is -0.480 e. The Morgan fingerprint density at radius 1 is 1.43 bits per heavy atom. The van der Waals surface area contributed by atoms with Crippen LogP contribution < -0.4 is 10.0 Å². The van der Waals surface area contributed by atoms with Crippen molar-refractivity contribution in [1.82, 2.24) is 10.0 Å². The third-order valence-electron chi connectivity index (χ3n) is 2.17. The van der Waals surface area contributed by atoms with Gasteiger partial charge >= 0.3 is 5.97 Å². The van der Waals surface area contributed by atoms with E-state index in [1.54, 1.807) is 0 Å². The van der Waals surface area contributed by atoms with Gasteiger partial charge in [-0.3, -0.25) is 14.1 Å². The number of hydrogen-bond donors (Lipinski definition) is 4. The summed E-state index contributed by atoms with van der Waals surface area (Å²) < 4.78 is 26.0. The van der Waals surface area contributed by atoms with Gasteiger partial charge < -0.3 is 15.2 Å². The first-order chi connectivity index (χ1) is 9.97. The monoisotopic (exact) mass is 323 g/mol. The average Bonchev–Trinajstić information content (AvgIpc) is 2.41. The predicted octanol–water partition coefficient (Wildman–Crippen LogP) is -0.611. The molecular formula is C9H17N5O6S. The molecule has 4 N–H and O–H groups in total. The maximum atomic E-state index is 11.4. The molecular weight excluding hydrogens is 306 g/mol. The minimum atomic E-state index is -2.46. The van der Waals surface area contributed by atoms with Gasteiger partial charge in [-0.05, 0) is 12.0 Å². The van der Waals surface area contributed by atoms with Crippen molar-refractivity contribution in [3.8, 4) is 0 Å². The molecule has 0 aromatic rings. The zero-order chi connectivity index (χ0) is 16.1. The average molecular weight is 323 g/mol. The van der Waals surface area contributed by atoms with Crippen LogP contribution in [-0.4, -0.2) is 58.1 Å². The number of azide groups is 1. The largest absolute Gasteiger partial charge is 0.480 e. The van der Waals surface area contributed by atoms with E-state index in [2.05, 4.69) is 15.3 Å². The number of amides is 1. The summed E-state index contributed by atoms with van der Waals surface area (Å²) in [5.74, 6) is -1.71. The SMILES string of the molecule is [N-]=[N+]=NCCOCCNC(=O)CC[C@H](NS(=O)O)C(=O)O. The van der Waals surface area contributed by atoms with E-state index in [4.69, 9.17) is 19.9 Å². The van der Waals surface area contributed by atoms with Crippen LogP contribution in [0.25, 0.3) is 10.4 Å². The molecule has 0 aliphatic heterocycles. The lowest BCUT2D eigenvalue weighted by molar-refractivity contribution is -0.139. The number of nitrogens with zero attached hydrogens (tertiary/aromatic N) is 3. The number of carboxylic acid groups (broad SMARTS) is 1. The van der Waals surface area contributed by atoms with Crippen LogP contribution in [-0.2, 0) is 25.6 Å².